The molecule has 0 aromatic heterocycles. The van der Waals surface area contributed by atoms with Crippen molar-refractivity contribution in [3.05, 3.63) is 94.2 Å². The SMILES string of the molecule is N#CC1=C(N)C(C#N)(C#N)[C@H](c2ccccc2C(F)(F)F)[C@H]2CN(C(=O)OCc3ccccc3)CC=C12. The van der Waals surface area contributed by atoms with E-state index in [0.717, 1.165) is 11.6 Å². The van der Waals surface area contributed by atoms with Crippen LogP contribution in [0.2, 0.25) is 0 Å². The summed E-state index contributed by atoms with van der Waals surface area (Å²) in [6.07, 6.45) is -3.98. The monoisotopic (exact) mass is 503 g/mol. The Morgan fingerprint density at radius 1 is 1.08 bits per heavy atom. The average Bonchev–Trinajstić information content (AvgIpc) is 2.91. The fourth-order valence-electron chi connectivity index (χ4n) is 5.01. The third-order valence-corrected chi connectivity index (χ3v) is 6.73. The van der Waals surface area contributed by atoms with Gasteiger partial charge in [-0.3, -0.25) is 0 Å². The van der Waals surface area contributed by atoms with Gasteiger partial charge in [0.25, 0.3) is 0 Å². The fourth-order valence-corrected chi connectivity index (χ4v) is 5.01. The highest BCUT2D eigenvalue weighted by Gasteiger charge is 2.56. The summed E-state index contributed by atoms with van der Waals surface area (Å²) in [5, 5.41) is 30.1. The Hall–Kier alpha value is -4.75. The van der Waals surface area contributed by atoms with Gasteiger partial charge in [-0.15, -0.1) is 0 Å². The minimum absolute atomic E-state index is 0.0116. The maximum absolute atomic E-state index is 14.0. The predicted molar refractivity (Wildman–Crippen MR) is 124 cm³/mol. The van der Waals surface area contributed by atoms with Crippen LogP contribution in [0.25, 0.3) is 0 Å². The Bertz CT molecular complexity index is 1400. The standard InChI is InChI=1S/C27H20F3N5O2/c28-27(29,30)22-9-5-4-8-19(22)23-21-13-35(25(36)37-14-17-6-2-1-3-7-17)11-10-18(21)20(12-31)24(34)26(23,15-32)16-33/h1-10,21,23H,11,13-14,34H2/t21-,23+/m0/s1. The van der Waals surface area contributed by atoms with E-state index < -0.39 is 40.8 Å². The molecule has 2 aliphatic rings. The van der Waals surface area contributed by atoms with Crippen molar-refractivity contribution < 1.29 is 22.7 Å². The van der Waals surface area contributed by atoms with Crippen LogP contribution in [0.3, 0.4) is 0 Å². The van der Waals surface area contributed by atoms with Crippen LogP contribution < -0.4 is 5.73 Å². The average molecular weight is 503 g/mol. The van der Waals surface area contributed by atoms with Gasteiger partial charge in [0.1, 0.15) is 12.7 Å². The van der Waals surface area contributed by atoms with Crippen molar-refractivity contribution >= 4 is 6.09 Å². The smallest absolute Gasteiger partial charge is 0.416 e. The summed E-state index contributed by atoms with van der Waals surface area (Å²) in [4.78, 5) is 14.2. The van der Waals surface area contributed by atoms with Crippen LogP contribution in [0.4, 0.5) is 18.0 Å². The Morgan fingerprint density at radius 3 is 2.35 bits per heavy atom. The Morgan fingerprint density at radius 2 is 1.73 bits per heavy atom. The van der Waals surface area contributed by atoms with Gasteiger partial charge in [-0.2, -0.15) is 29.0 Å². The van der Waals surface area contributed by atoms with Crippen molar-refractivity contribution in [3.8, 4) is 18.2 Å². The number of fused-ring (bicyclic) bond motifs is 1. The largest absolute Gasteiger partial charge is 0.445 e. The van der Waals surface area contributed by atoms with Gasteiger partial charge in [0.05, 0.1) is 29.0 Å². The Balaban J connectivity index is 1.81. The molecule has 0 fully saturated rings. The van der Waals surface area contributed by atoms with Gasteiger partial charge in [0.15, 0.2) is 5.41 Å². The number of nitrogens with zero attached hydrogens (tertiary/aromatic N) is 4. The molecule has 0 bridgehead atoms. The molecule has 186 valence electrons. The molecular weight excluding hydrogens is 483 g/mol. The first-order valence-electron chi connectivity index (χ1n) is 11.2. The number of carbonyl (C=O) groups is 1. The Kier molecular flexibility index (Phi) is 6.66. The van der Waals surface area contributed by atoms with Crippen LogP contribution in [0, 0.1) is 45.3 Å². The van der Waals surface area contributed by atoms with Crippen molar-refractivity contribution in [1.82, 2.24) is 4.90 Å². The lowest BCUT2D eigenvalue weighted by molar-refractivity contribution is -0.138. The van der Waals surface area contributed by atoms with E-state index in [2.05, 4.69) is 0 Å². The number of carbonyl (C=O) groups excluding carboxylic acids is 1. The lowest BCUT2D eigenvalue weighted by atomic mass is 9.57. The van der Waals surface area contributed by atoms with Crippen LogP contribution in [0.1, 0.15) is 22.6 Å². The number of allylic oxidation sites excluding steroid dienone is 2. The third kappa shape index (κ3) is 4.37. The summed E-state index contributed by atoms with van der Waals surface area (Å²) in [6, 6.07) is 19.1. The maximum Gasteiger partial charge on any atom is 0.416 e. The number of amides is 1. The van der Waals surface area contributed by atoms with Crippen molar-refractivity contribution in [2.75, 3.05) is 13.1 Å². The molecule has 2 aromatic rings. The molecule has 1 aliphatic heterocycles. The zero-order chi connectivity index (χ0) is 26.8. The molecule has 0 saturated carbocycles. The maximum atomic E-state index is 14.0. The minimum Gasteiger partial charge on any atom is -0.445 e. The second kappa shape index (κ2) is 9.72. The first-order chi connectivity index (χ1) is 17.7. The van der Waals surface area contributed by atoms with Gasteiger partial charge < -0.3 is 15.4 Å². The molecular formula is C27H20F3N5O2. The van der Waals surface area contributed by atoms with Crippen molar-refractivity contribution in [2.45, 2.75) is 18.7 Å². The van der Waals surface area contributed by atoms with E-state index in [1.807, 2.05) is 24.3 Å². The number of rotatable bonds is 3. The summed E-state index contributed by atoms with van der Waals surface area (Å²) in [5.41, 5.74) is 3.08. The molecule has 0 saturated heterocycles. The number of halogens is 3. The summed E-state index contributed by atoms with van der Waals surface area (Å²) < 4.78 is 47.5. The van der Waals surface area contributed by atoms with E-state index in [1.54, 1.807) is 24.3 Å². The molecule has 10 heteroatoms. The van der Waals surface area contributed by atoms with Gasteiger partial charge in [-0.25, -0.2) is 4.79 Å². The first kappa shape index (κ1) is 25.3. The topological polar surface area (TPSA) is 127 Å². The second-order valence-electron chi connectivity index (χ2n) is 8.71. The molecule has 1 heterocycles. The summed E-state index contributed by atoms with van der Waals surface area (Å²) in [5.74, 6) is -2.41. The van der Waals surface area contributed by atoms with Gasteiger partial charge in [0, 0.05) is 24.9 Å². The highest BCUT2D eigenvalue weighted by molar-refractivity contribution is 5.69. The van der Waals surface area contributed by atoms with E-state index in [4.69, 9.17) is 10.5 Å². The molecule has 1 aliphatic carbocycles. The lowest BCUT2D eigenvalue weighted by Crippen LogP contribution is -2.49. The molecule has 2 atom stereocenters. The van der Waals surface area contributed by atoms with E-state index in [0.29, 0.717) is 5.57 Å². The zero-order valence-electron chi connectivity index (χ0n) is 19.4. The minimum atomic E-state index is -4.78. The van der Waals surface area contributed by atoms with E-state index in [9.17, 15) is 33.8 Å². The van der Waals surface area contributed by atoms with Gasteiger partial charge in [-0.05, 0) is 22.8 Å². The molecule has 2 aromatic carbocycles. The zero-order valence-corrected chi connectivity index (χ0v) is 19.4. The number of alkyl halides is 3. The Labute approximate surface area is 211 Å². The summed E-state index contributed by atoms with van der Waals surface area (Å²) in [6.45, 7) is -0.189. The summed E-state index contributed by atoms with van der Waals surface area (Å²) in [7, 11) is 0. The number of benzene rings is 2. The number of ether oxygens (including phenoxy) is 1. The molecule has 1 amide bonds. The van der Waals surface area contributed by atoms with Crippen molar-refractivity contribution in [3.63, 3.8) is 0 Å². The normalized spacial score (nSPS) is 20.5. The molecule has 0 unspecified atom stereocenters. The van der Waals surface area contributed by atoms with Crippen LogP contribution in [0.15, 0.2) is 77.5 Å². The molecule has 7 nitrogen and oxygen atoms in total. The van der Waals surface area contributed by atoms with E-state index in [-0.39, 0.29) is 30.8 Å². The number of nitrogens with two attached hydrogens (primary N) is 1. The van der Waals surface area contributed by atoms with Crippen LogP contribution in [-0.2, 0) is 17.5 Å². The van der Waals surface area contributed by atoms with Crippen molar-refractivity contribution in [1.29, 1.82) is 15.8 Å². The third-order valence-electron chi connectivity index (χ3n) is 6.73. The molecule has 37 heavy (non-hydrogen) atoms. The van der Waals surface area contributed by atoms with Gasteiger partial charge >= 0.3 is 12.3 Å². The van der Waals surface area contributed by atoms with Crippen LogP contribution in [0.5, 0.6) is 0 Å². The molecule has 2 N–H and O–H groups in total. The predicted octanol–water partition coefficient (Wildman–Crippen LogP) is 4.77. The van der Waals surface area contributed by atoms with Crippen molar-refractivity contribution in [2.24, 2.45) is 17.1 Å². The number of hydrogen-bond acceptors (Lipinski definition) is 6. The quantitative estimate of drug-likeness (QED) is 0.643. The lowest BCUT2D eigenvalue weighted by Gasteiger charge is -2.45. The highest BCUT2D eigenvalue weighted by atomic mass is 19.4. The van der Waals surface area contributed by atoms with E-state index >= 15 is 0 Å². The summed E-state index contributed by atoms with van der Waals surface area (Å²) >= 11 is 0. The number of nitriles is 3. The fraction of sp³-hybridized carbons (Fsp3) is 0.259. The van der Waals surface area contributed by atoms with Crippen LogP contribution >= 0.6 is 0 Å². The second-order valence-corrected chi connectivity index (χ2v) is 8.71. The first-order valence-corrected chi connectivity index (χ1v) is 11.2. The van der Waals surface area contributed by atoms with E-state index in [1.165, 1.54) is 29.2 Å². The van der Waals surface area contributed by atoms with Gasteiger partial charge in [0.2, 0.25) is 0 Å². The number of hydrogen-bond donors (Lipinski definition) is 1. The van der Waals surface area contributed by atoms with Gasteiger partial charge in [-0.1, -0.05) is 54.6 Å². The molecule has 4 rings (SSSR count). The molecule has 0 radical (unpaired) electrons. The highest BCUT2D eigenvalue weighted by Crippen LogP contribution is 2.55. The van der Waals surface area contributed by atoms with Crippen LogP contribution in [-0.4, -0.2) is 24.1 Å². The molecule has 0 spiro atoms.